The number of amides is 3. The highest BCUT2D eigenvalue weighted by Gasteiger charge is 2.29. The van der Waals surface area contributed by atoms with Crippen molar-refractivity contribution in [3.63, 3.8) is 0 Å². The average molecular weight is 586 g/mol. The second-order valence-corrected chi connectivity index (χ2v) is 11.7. The number of benzene rings is 2. The molecule has 0 spiro atoms. The van der Waals surface area contributed by atoms with Crippen LogP contribution in [-0.2, 0) is 4.74 Å². The van der Waals surface area contributed by atoms with Gasteiger partial charge in [0, 0.05) is 56.4 Å². The van der Waals surface area contributed by atoms with Crippen LogP contribution in [0.3, 0.4) is 0 Å². The van der Waals surface area contributed by atoms with Crippen LogP contribution in [0.2, 0.25) is 0 Å². The first-order valence-electron chi connectivity index (χ1n) is 15.2. The van der Waals surface area contributed by atoms with E-state index in [1.165, 1.54) is 11.3 Å². The summed E-state index contributed by atoms with van der Waals surface area (Å²) in [5, 5.41) is 5.97. The fourth-order valence-corrected chi connectivity index (χ4v) is 5.83. The predicted octanol–water partition coefficient (Wildman–Crippen LogP) is 5.00. The number of hydrogen-bond acceptors (Lipinski definition) is 7. The van der Waals surface area contributed by atoms with Gasteiger partial charge in [0.15, 0.2) is 5.76 Å². The van der Waals surface area contributed by atoms with Crippen LogP contribution in [0, 0.1) is 6.92 Å². The number of furan rings is 1. The van der Waals surface area contributed by atoms with Crippen molar-refractivity contribution in [1.82, 2.24) is 10.2 Å². The molecule has 3 amide bonds. The minimum Gasteiger partial charge on any atom is -0.456 e. The number of carbonyl (C=O) groups excluding carboxylic acids is 3. The monoisotopic (exact) mass is 585 g/mol. The number of carbonyl (C=O) groups is 3. The van der Waals surface area contributed by atoms with Crippen LogP contribution < -0.4 is 20.4 Å². The van der Waals surface area contributed by atoms with Gasteiger partial charge in [-0.2, -0.15) is 0 Å². The zero-order chi connectivity index (χ0) is 29.9. The number of para-hydroxylation sites is 1. The summed E-state index contributed by atoms with van der Waals surface area (Å²) in [7, 11) is 0. The summed E-state index contributed by atoms with van der Waals surface area (Å²) < 4.78 is 11.0. The number of rotatable bonds is 10. The number of hydrogen-bond donors (Lipinski definition) is 2. The molecule has 226 valence electrons. The molecule has 2 aliphatic heterocycles. The average Bonchev–Trinajstić information content (AvgIpc) is 3.64. The number of ether oxygens (including phenoxy) is 1. The van der Waals surface area contributed by atoms with Gasteiger partial charge in [0.05, 0.1) is 17.9 Å². The molecule has 0 bridgehead atoms. The van der Waals surface area contributed by atoms with E-state index in [9.17, 15) is 14.4 Å². The maximum atomic E-state index is 13.3. The number of anilines is 3. The van der Waals surface area contributed by atoms with Crippen LogP contribution in [0.25, 0.3) is 0 Å². The molecule has 3 aliphatic rings. The number of nitrogens with zero attached hydrogens (tertiary/aromatic N) is 3. The Labute approximate surface area is 252 Å². The highest BCUT2D eigenvalue weighted by atomic mass is 16.6. The van der Waals surface area contributed by atoms with E-state index >= 15 is 0 Å². The number of cyclic esters (lactones) is 1. The third-order valence-corrected chi connectivity index (χ3v) is 8.34. The maximum Gasteiger partial charge on any atom is 0.410 e. The van der Waals surface area contributed by atoms with Crippen molar-refractivity contribution >= 4 is 35.0 Å². The van der Waals surface area contributed by atoms with Gasteiger partial charge in [-0.1, -0.05) is 18.2 Å². The Morgan fingerprint density at radius 3 is 2.37 bits per heavy atom. The van der Waals surface area contributed by atoms with E-state index in [2.05, 4.69) is 51.6 Å². The molecule has 0 radical (unpaired) electrons. The third kappa shape index (κ3) is 6.63. The van der Waals surface area contributed by atoms with Crippen molar-refractivity contribution in [1.29, 1.82) is 0 Å². The Kier molecular flexibility index (Phi) is 8.26. The molecular weight excluding hydrogens is 546 g/mol. The summed E-state index contributed by atoms with van der Waals surface area (Å²) in [4.78, 5) is 44.5. The molecule has 1 unspecified atom stereocenters. The van der Waals surface area contributed by atoms with Crippen LogP contribution in [0.4, 0.5) is 21.9 Å². The molecule has 1 aromatic heterocycles. The van der Waals surface area contributed by atoms with E-state index in [1.54, 1.807) is 23.1 Å². The Morgan fingerprint density at radius 1 is 0.930 bits per heavy atom. The van der Waals surface area contributed by atoms with Gasteiger partial charge in [-0.15, -0.1) is 0 Å². The van der Waals surface area contributed by atoms with Crippen LogP contribution in [0.1, 0.15) is 64.3 Å². The third-order valence-electron chi connectivity index (χ3n) is 8.34. The summed E-state index contributed by atoms with van der Waals surface area (Å²) in [5.41, 5.74) is 4.37. The molecule has 10 nitrogen and oxygen atoms in total. The SMILES string of the molecule is Cc1ccccc1N1CCN(c2ccc(C(=O)NCCCN3CC(C)OC3=O)cc2NC(=O)c2ccc(C3CC3)o2)CC1. The predicted molar refractivity (Wildman–Crippen MR) is 165 cm³/mol. The molecule has 3 aromatic rings. The smallest absolute Gasteiger partial charge is 0.410 e. The summed E-state index contributed by atoms with van der Waals surface area (Å²) in [6.45, 7) is 8.71. The summed E-state index contributed by atoms with van der Waals surface area (Å²) >= 11 is 0. The zero-order valence-corrected chi connectivity index (χ0v) is 24.8. The zero-order valence-electron chi connectivity index (χ0n) is 24.8. The van der Waals surface area contributed by atoms with Gasteiger partial charge in [-0.3, -0.25) is 9.59 Å². The number of aryl methyl sites for hydroxylation is 1. The van der Waals surface area contributed by atoms with Crippen molar-refractivity contribution in [2.75, 3.05) is 60.9 Å². The highest BCUT2D eigenvalue weighted by molar-refractivity contribution is 6.05. The lowest BCUT2D eigenvalue weighted by molar-refractivity contribution is 0.0950. The van der Waals surface area contributed by atoms with Gasteiger partial charge in [-0.05, 0) is 75.1 Å². The van der Waals surface area contributed by atoms with E-state index in [1.807, 2.05) is 19.1 Å². The number of nitrogens with one attached hydrogen (secondary N) is 2. The van der Waals surface area contributed by atoms with Gasteiger partial charge < -0.3 is 34.5 Å². The molecule has 1 aliphatic carbocycles. The van der Waals surface area contributed by atoms with E-state index in [4.69, 9.17) is 9.15 Å². The fraction of sp³-hybridized carbons (Fsp3) is 0.424. The Bertz CT molecular complexity index is 1490. The highest BCUT2D eigenvalue weighted by Crippen LogP contribution is 2.41. The molecule has 1 saturated carbocycles. The van der Waals surface area contributed by atoms with Gasteiger partial charge in [-0.25, -0.2) is 4.79 Å². The minimum atomic E-state index is -0.337. The van der Waals surface area contributed by atoms with Gasteiger partial charge in [0.2, 0.25) is 0 Å². The lowest BCUT2D eigenvalue weighted by Gasteiger charge is -2.38. The van der Waals surface area contributed by atoms with Crippen LogP contribution in [0.5, 0.6) is 0 Å². The van der Waals surface area contributed by atoms with E-state index in [0.29, 0.717) is 43.2 Å². The van der Waals surface area contributed by atoms with E-state index < -0.39 is 0 Å². The molecule has 3 heterocycles. The standard InChI is InChI=1S/C33H39N5O5/c1-22-6-3-4-7-27(22)36-16-18-37(19-17-36)28-11-10-25(31(39)34-14-5-15-38-21-23(2)42-33(38)41)20-26(28)35-32(40)30-13-12-29(43-30)24-8-9-24/h3-4,6-7,10-13,20,23-24H,5,8-9,14-19,21H2,1-2H3,(H,34,39)(H,35,40). The van der Waals surface area contributed by atoms with Crippen molar-refractivity contribution < 1.29 is 23.5 Å². The quantitative estimate of drug-likeness (QED) is 0.322. The molecule has 10 heteroatoms. The Balaban J connectivity index is 1.14. The number of piperazine rings is 1. The van der Waals surface area contributed by atoms with E-state index in [-0.39, 0.29) is 29.8 Å². The molecule has 2 saturated heterocycles. The molecule has 3 fully saturated rings. The first kappa shape index (κ1) is 28.6. The van der Waals surface area contributed by atoms with Gasteiger partial charge in [0.25, 0.3) is 11.8 Å². The van der Waals surface area contributed by atoms with Crippen LogP contribution in [-0.4, -0.2) is 74.7 Å². The summed E-state index contributed by atoms with van der Waals surface area (Å²) in [6, 6.07) is 17.4. The summed E-state index contributed by atoms with van der Waals surface area (Å²) in [6.07, 6.45) is 2.37. The van der Waals surface area contributed by atoms with Crippen molar-refractivity contribution in [3.05, 3.63) is 77.2 Å². The molecule has 2 N–H and O–H groups in total. The first-order valence-corrected chi connectivity index (χ1v) is 15.2. The molecule has 2 aromatic carbocycles. The van der Waals surface area contributed by atoms with Gasteiger partial charge in [0.1, 0.15) is 11.9 Å². The molecular formula is C33H39N5O5. The van der Waals surface area contributed by atoms with Crippen molar-refractivity contribution in [2.24, 2.45) is 0 Å². The van der Waals surface area contributed by atoms with Crippen molar-refractivity contribution in [2.45, 2.75) is 45.1 Å². The Hall–Kier alpha value is -4.47. The minimum absolute atomic E-state index is 0.110. The fourth-order valence-electron chi connectivity index (χ4n) is 5.83. The first-order chi connectivity index (χ1) is 20.9. The van der Waals surface area contributed by atoms with Crippen LogP contribution in [0.15, 0.2) is 59.0 Å². The second-order valence-electron chi connectivity index (χ2n) is 11.7. The normalized spacial score (nSPS) is 18.5. The largest absolute Gasteiger partial charge is 0.456 e. The Morgan fingerprint density at radius 2 is 1.67 bits per heavy atom. The van der Waals surface area contributed by atoms with E-state index in [0.717, 1.165) is 50.5 Å². The molecule has 43 heavy (non-hydrogen) atoms. The second kappa shape index (κ2) is 12.4. The lowest BCUT2D eigenvalue weighted by atomic mass is 10.1. The van der Waals surface area contributed by atoms with Crippen LogP contribution >= 0.6 is 0 Å². The maximum absolute atomic E-state index is 13.3. The molecule has 6 rings (SSSR count). The molecule has 1 atom stereocenters. The lowest BCUT2D eigenvalue weighted by Crippen LogP contribution is -2.47. The summed E-state index contributed by atoms with van der Waals surface area (Å²) in [5.74, 6) is 0.950. The van der Waals surface area contributed by atoms with Gasteiger partial charge >= 0.3 is 6.09 Å². The van der Waals surface area contributed by atoms with Crippen molar-refractivity contribution in [3.8, 4) is 0 Å². The topological polar surface area (TPSA) is 107 Å².